The second-order valence-electron chi connectivity index (χ2n) is 4.42. The Morgan fingerprint density at radius 2 is 2.21 bits per heavy atom. The fourth-order valence-corrected chi connectivity index (χ4v) is 2.06. The molecule has 1 aliphatic heterocycles. The predicted molar refractivity (Wildman–Crippen MR) is 72.3 cm³/mol. The molecule has 0 saturated carbocycles. The summed E-state index contributed by atoms with van der Waals surface area (Å²) < 4.78 is 5.29. The molecule has 0 aromatic heterocycles. The molecular weight excluding hydrogens is 242 g/mol. The highest BCUT2D eigenvalue weighted by Crippen LogP contribution is 2.15. The quantitative estimate of drug-likeness (QED) is 0.803. The van der Waals surface area contributed by atoms with Crippen LogP contribution in [0, 0.1) is 11.3 Å². The number of hydrogen-bond acceptors (Lipinski definition) is 5. The molecule has 0 bridgehead atoms. The number of ether oxygens (including phenoxy) is 1. The summed E-state index contributed by atoms with van der Waals surface area (Å²) in [5.41, 5.74) is 1.81. The van der Waals surface area contributed by atoms with Crippen molar-refractivity contribution in [2.24, 2.45) is 0 Å². The Labute approximate surface area is 112 Å². The van der Waals surface area contributed by atoms with Crippen molar-refractivity contribution in [3.63, 3.8) is 0 Å². The molecule has 1 heterocycles. The minimum absolute atomic E-state index is 0.506. The lowest BCUT2D eigenvalue weighted by molar-refractivity contribution is 0.0398. The van der Waals surface area contributed by atoms with Gasteiger partial charge in [-0.1, -0.05) is 0 Å². The Morgan fingerprint density at radius 3 is 2.89 bits per heavy atom. The molecule has 1 aliphatic rings. The first-order valence-electron chi connectivity index (χ1n) is 6.37. The van der Waals surface area contributed by atoms with Gasteiger partial charge in [-0.2, -0.15) is 5.26 Å². The molecule has 0 unspecified atom stereocenters. The number of carbonyl (C=O) groups is 1. The van der Waals surface area contributed by atoms with Crippen molar-refractivity contribution in [3.8, 4) is 6.07 Å². The summed E-state index contributed by atoms with van der Waals surface area (Å²) >= 11 is 0. The van der Waals surface area contributed by atoms with Crippen LogP contribution in [0.25, 0.3) is 0 Å². The third-order valence-electron chi connectivity index (χ3n) is 3.15. The van der Waals surface area contributed by atoms with Gasteiger partial charge in [-0.3, -0.25) is 9.69 Å². The van der Waals surface area contributed by atoms with Crippen molar-refractivity contribution in [3.05, 3.63) is 29.3 Å². The number of morpholine rings is 1. The molecule has 0 amide bonds. The van der Waals surface area contributed by atoms with Gasteiger partial charge >= 0.3 is 0 Å². The van der Waals surface area contributed by atoms with Gasteiger partial charge in [0.2, 0.25) is 0 Å². The maximum atomic E-state index is 10.7. The Kier molecular flexibility index (Phi) is 4.90. The molecule has 0 radical (unpaired) electrons. The first kappa shape index (κ1) is 13.5. The second-order valence-corrected chi connectivity index (χ2v) is 4.42. The summed E-state index contributed by atoms with van der Waals surface area (Å²) in [7, 11) is 0. The maximum Gasteiger partial charge on any atom is 0.150 e. The lowest BCUT2D eigenvalue weighted by atomic mass is 10.1. The van der Waals surface area contributed by atoms with Crippen LogP contribution < -0.4 is 5.32 Å². The van der Waals surface area contributed by atoms with Crippen LogP contribution >= 0.6 is 0 Å². The van der Waals surface area contributed by atoms with Gasteiger partial charge in [0.05, 0.1) is 24.5 Å². The lowest BCUT2D eigenvalue weighted by Crippen LogP contribution is -2.39. The number of benzene rings is 1. The van der Waals surface area contributed by atoms with Crippen molar-refractivity contribution in [2.75, 3.05) is 44.7 Å². The SMILES string of the molecule is N#Cc1cc(C=O)ccc1NCCN1CCOCC1. The van der Waals surface area contributed by atoms with Gasteiger partial charge in [-0.05, 0) is 18.2 Å². The van der Waals surface area contributed by atoms with Gasteiger partial charge in [0.25, 0.3) is 0 Å². The molecule has 1 N–H and O–H groups in total. The molecule has 2 rings (SSSR count). The highest BCUT2D eigenvalue weighted by molar-refractivity contribution is 5.77. The van der Waals surface area contributed by atoms with Crippen molar-refractivity contribution in [1.82, 2.24) is 4.90 Å². The van der Waals surface area contributed by atoms with Crippen molar-refractivity contribution in [1.29, 1.82) is 5.26 Å². The van der Waals surface area contributed by atoms with E-state index >= 15 is 0 Å². The number of rotatable bonds is 5. The van der Waals surface area contributed by atoms with E-state index in [1.54, 1.807) is 18.2 Å². The monoisotopic (exact) mass is 259 g/mol. The Bertz CT molecular complexity index is 476. The molecule has 100 valence electrons. The average molecular weight is 259 g/mol. The summed E-state index contributed by atoms with van der Waals surface area (Å²) in [6.45, 7) is 5.18. The van der Waals surface area contributed by atoms with E-state index in [1.165, 1.54) is 0 Å². The van der Waals surface area contributed by atoms with E-state index in [-0.39, 0.29) is 0 Å². The molecule has 19 heavy (non-hydrogen) atoms. The summed E-state index contributed by atoms with van der Waals surface area (Å²) in [5, 5.41) is 12.3. The summed E-state index contributed by atoms with van der Waals surface area (Å²) in [4.78, 5) is 13.0. The van der Waals surface area contributed by atoms with Crippen LogP contribution in [-0.2, 0) is 4.74 Å². The predicted octanol–water partition coefficient (Wildman–Crippen LogP) is 1.11. The van der Waals surface area contributed by atoms with Crippen molar-refractivity contribution in [2.45, 2.75) is 0 Å². The van der Waals surface area contributed by atoms with Crippen LogP contribution in [0.15, 0.2) is 18.2 Å². The molecule has 5 heteroatoms. The third-order valence-corrected chi connectivity index (χ3v) is 3.15. The smallest absolute Gasteiger partial charge is 0.150 e. The molecule has 0 aliphatic carbocycles. The van der Waals surface area contributed by atoms with Crippen LogP contribution in [0.4, 0.5) is 5.69 Å². The van der Waals surface area contributed by atoms with Crippen LogP contribution in [0.1, 0.15) is 15.9 Å². The highest BCUT2D eigenvalue weighted by atomic mass is 16.5. The zero-order chi connectivity index (χ0) is 13.5. The van der Waals surface area contributed by atoms with E-state index in [4.69, 9.17) is 10.00 Å². The Hall–Kier alpha value is -1.90. The summed E-state index contributed by atoms with van der Waals surface area (Å²) in [5.74, 6) is 0. The highest BCUT2D eigenvalue weighted by Gasteiger charge is 2.09. The largest absolute Gasteiger partial charge is 0.383 e. The minimum Gasteiger partial charge on any atom is -0.383 e. The normalized spacial score (nSPS) is 15.7. The van der Waals surface area contributed by atoms with Gasteiger partial charge in [-0.15, -0.1) is 0 Å². The topological polar surface area (TPSA) is 65.4 Å². The molecule has 0 spiro atoms. The lowest BCUT2D eigenvalue weighted by Gasteiger charge is -2.26. The molecule has 1 aromatic rings. The fraction of sp³-hybridized carbons (Fsp3) is 0.429. The number of anilines is 1. The molecule has 1 aromatic carbocycles. The summed E-state index contributed by atoms with van der Waals surface area (Å²) in [6.07, 6.45) is 0.748. The standard InChI is InChI=1S/C14H17N3O2/c15-10-13-9-12(11-18)1-2-14(13)16-3-4-17-5-7-19-8-6-17/h1-2,9,11,16H,3-8H2. The number of nitriles is 1. The number of nitrogens with zero attached hydrogens (tertiary/aromatic N) is 2. The zero-order valence-electron chi connectivity index (χ0n) is 10.8. The number of hydrogen-bond donors (Lipinski definition) is 1. The average Bonchev–Trinajstić information content (AvgIpc) is 2.48. The number of aldehydes is 1. The number of nitrogens with one attached hydrogen (secondary N) is 1. The van der Waals surface area contributed by atoms with Gasteiger partial charge in [0, 0.05) is 31.7 Å². The molecule has 0 atom stereocenters. The van der Waals surface area contributed by atoms with Gasteiger partial charge < -0.3 is 10.1 Å². The van der Waals surface area contributed by atoms with E-state index in [2.05, 4.69) is 16.3 Å². The van der Waals surface area contributed by atoms with E-state index < -0.39 is 0 Å². The number of carbonyl (C=O) groups excluding carboxylic acids is 1. The molecule has 1 saturated heterocycles. The molecule has 5 nitrogen and oxygen atoms in total. The van der Waals surface area contributed by atoms with Gasteiger partial charge in [0.15, 0.2) is 0 Å². The van der Waals surface area contributed by atoms with Crippen molar-refractivity contribution >= 4 is 12.0 Å². The Balaban J connectivity index is 1.88. The van der Waals surface area contributed by atoms with Crippen molar-refractivity contribution < 1.29 is 9.53 Å². The van der Waals surface area contributed by atoms with Crippen LogP contribution in [0.5, 0.6) is 0 Å². The van der Waals surface area contributed by atoms with E-state index in [1.807, 2.05) is 0 Å². The second kappa shape index (κ2) is 6.88. The fourth-order valence-electron chi connectivity index (χ4n) is 2.06. The maximum absolute atomic E-state index is 10.7. The third kappa shape index (κ3) is 3.78. The molecular formula is C14H17N3O2. The van der Waals surface area contributed by atoms with E-state index in [0.29, 0.717) is 11.1 Å². The van der Waals surface area contributed by atoms with Gasteiger partial charge in [0.1, 0.15) is 12.4 Å². The zero-order valence-corrected chi connectivity index (χ0v) is 10.8. The minimum atomic E-state index is 0.506. The first-order chi connectivity index (χ1) is 9.33. The van der Waals surface area contributed by atoms with Crippen LogP contribution in [0.3, 0.4) is 0 Å². The first-order valence-corrected chi connectivity index (χ1v) is 6.37. The molecule has 1 fully saturated rings. The van der Waals surface area contributed by atoms with Crippen LogP contribution in [0.2, 0.25) is 0 Å². The van der Waals surface area contributed by atoms with Crippen LogP contribution in [-0.4, -0.2) is 50.6 Å². The van der Waals surface area contributed by atoms with E-state index in [9.17, 15) is 4.79 Å². The van der Waals surface area contributed by atoms with Gasteiger partial charge in [-0.25, -0.2) is 0 Å². The Morgan fingerprint density at radius 1 is 1.42 bits per heavy atom. The van der Waals surface area contributed by atoms with E-state index in [0.717, 1.165) is 51.4 Å². The summed E-state index contributed by atoms with van der Waals surface area (Å²) in [6, 6.07) is 7.20.